The highest BCUT2D eigenvalue weighted by atomic mass is 16.5. The Kier molecular flexibility index (Phi) is 4.21. The van der Waals surface area contributed by atoms with Gasteiger partial charge in [-0.15, -0.1) is 0 Å². The van der Waals surface area contributed by atoms with E-state index < -0.39 is 0 Å². The number of fused-ring (bicyclic) bond motifs is 1. The molecule has 1 saturated heterocycles. The molecule has 0 bridgehead atoms. The maximum atomic E-state index is 12.6. The number of aryl methyl sites for hydroxylation is 1. The van der Waals surface area contributed by atoms with E-state index >= 15 is 0 Å². The van der Waals surface area contributed by atoms with Crippen molar-refractivity contribution in [1.82, 2.24) is 10.1 Å². The van der Waals surface area contributed by atoms with Gasteiger partial charge in [0, 0.05) is 19.0 Å². The van der Waals surface area contributed by atoms with Gasteiger partial charge in [0.05, 0.1) is 19.3 Å². The summed E-state index contributed by atoms with van der Waals surface area (Å²) in [6.45, 7) is 3.82. The van der Waals surface area contributed by atoms with Crippen molar-refractivity contribution in [3.63, 3.8) is 0 Å². The Hall–Kier alpha value is -2.70. The van der Waals surface area contributed by atoms with E-state index in [1.807, 2.05) is 23.1 Å². The van der Waals surface area contributed by atoms with Crippen LogP contribution in [0.15, 0.2) is 28.8 Å². The standard InChI is InChI=1S/C18H21N3O4/c1-12-10-17(20-25-12)19-18(22)21-7-2-4-14(21)13-5-6-15-16(11-13)24-9-3-8-23-15/h5-6,10-11,14H,2-4,7-9H2,1H3,(H,19,20,22). The third kappa shape index (κ3) is 3.26. The van der Waals surface area contributed by atoms with Crippen LogP contribution in [0.4, 0.5) is 10.6 Å². The Balaban J connectivity index is 1.53. The first-order valence-corrected chi connectivity index (χ1v) is 8.61. The number of hydrogen-bond acceptors (Lipinski definition) is 5. The Labute approximate surface area is 145 Å². The van der Waals surface area contributed by atoms with E-state index in [1.165, 1.54) is 0 Å². The SMILES string of the molecule is Cc1cc(NC(=O)N2CCCC2c2ccc3c(c2)OCCCO3)no1. The van der Waals surface area contributed by atoms with Crippen LogP contribution in [0.25, 0.3) is 0 Å². The molecule has 2 aliphatic rings. The molecule has 0 radical (unpaired) electrons. The highest BCUT2D eigenvalue weighted by Crippen LogP contribution is 2.38. The molecule has 1 fully saturated rings. The molecule has 0 saturated carbocycles. The molecule has 7 heteroatoms. The summed E-state index contributed by atoms with van der Waals surface area (Å²) in [4.78, 5) is 14.5. The maximum Gasteiger partial charge on any atom is 0.323 e. The number of carbonyl (C=O) groups excluding carboxylic acids is 1. The Bertz CT molecular complexity index is 773. The van der Waals surface area contributed by atoms with Crippen LogP contribution in [-0.4, -0.2) is 35.8 Å². The van der Waals surface area contributed by atoms with E-state index in [4.69, 9.17) is 14.0 Å². The molecule has 2 amide bonds. The zero-order valence-corrected chi connectivity index (χ0v) is 14.2. The summed E-state index contributed by atoms with van der Waals surface area (Å²) in [6, 6.07) is 7.51. The van der Waals surface area contributed by atoms with E-state index in [9.17, 15) is 4.79 Å². The van der Waals surface area contributed by atoms with Crippen molar-refractivity contribution in [2.24, 2.45) is 0 Å². The molecule has 0 aliphatic carbocycles. The monoisotopic (exact) mass is 343 g/mol. The zero-order chi connectivity index (χ0) is 17.2. The summed E-state index contributed by atoms with van der Waals surface area (Å²) in [5, 5.41) is 6.63. The van der Waals surface area contributed by atoms with Gasteiger partial charge in [0.25, 0.3) is 0 Å². The number of nitrogens with one attached hydrogen (secondary N) is 1. The first-order chi connectivity index (χ1) is 12.2. The van der Waals surface area contributed by atoms with Crippen LogP contribution in [0, 0.1) is 6.92 Å². The molecule has 3 heterocycles. The van der Waals surface area contributed by atoms with E-state index in [0.29, 0.717) is 31.3 Å². The Morgan fingerprint density at radius 2 is 2.04 bits per heavy atom. The van der Waals surface area contributed by atoms with Crippen molar-refractivity contribution >= 4 is 11.8 Å². The largest absolute Gasteiger partial charge is 0.490 e. The normalized spacial score (nSPS) is 19.6. The van der Waals surface area contributed by atoms with Crippen molar-refractivity contribution < 1.29 is 18.8 Å². The number of nitrogens with zero attached hydrogens (tertiary/aromatic N) is 2. The van der Waals surface area contributed by atoms with E-state index in [2.05, 4.69) is 10.5 Å². The van der Waals surface area contributed by atoms with E-state index in [-0.39, 0.29) is 12.1 Å². The van der Waals surface area contributed by atoms with E-state index in [1.54, 1.807) is 13.0 Å². The molecular weight excluding hydrogens is 322 g/mol. The van der Waals surface area contributed by atoms with Crippen LogP contribution in [0.2, 0.25) is 0 Å². The maximum absolute atomic E-state index is 12.6. The third-order valence-corrected chi connectivity index (χ3v) is 4.53. The van der Waals surface area contributed by atoms with Crippen LogP contribution in [0.5, 0.6) is 11.5 Å². The van der Waals surface area contributed by atoms with Gasteiger partial charge in [-0.25, -0.2) is 4.79 Å². The quantitative estimate of drug-likeness (QED) is 0.903. The van der Waals surface area contributed by atoms with Gasteiger partial charge in [-0.2, -0.15) is 0 Å². The Morgan fingerprint density at radius 1 is 1.20 bits per heavy atom. The van der Waals surface area contributed by atoms with Gasteiger partial charge >= 0.3 is 6.03 Å². The highest BCUT2D eigenvalue weighted by molar-refractivity contribution is 5.88. The fourth-order valence-electron chi connectivity index (χ4n) is 3.35. The second kappa shape index (κ2) is 6.66. The lowest BCUT2D eigenvalue weighted by Crippen LogP contribution is -2.34. The molecule has 132 valence electrons. The van der Waals surface area contributed by atoms with Crippen LogP contribution in [0.1, 0.15) is 36.6 Å². The van der Waals surface area contributed by atoms with Gasteiger partial charge in [0.15, 0.2) is 17.3 Å². The third-order valence-electron chi connectivity index (χ3n) is 4.53. The lowest BCUT2D eigenvalue weighted by atomic mass is 10.0. The predicted molar refractivity (Wildman–Crippen MR) is 91.0 cm³/mol. The molecule has 1 atom stereocenters. The van der Waals surface area contributed by atoms with Gasteiger partial charge in [-0.3, -0.25) is 5.32 Å². The number of benzene rings is 1. The molecule has 2 aliphatic heterocycles. The van der Waals surface area contributed by atoms with Crippen molar-refractivity contribution in [3.05, 3.63) is 35.6 Å². The van der Waals surface area contributed by atoms with Crippen LogP contribution < -0.4 is 14.8 Å². The molecule has 4 rings (SSSR count). The van der Waals surface area contributed by atoms with Crippen molar-refractivity contribution in [3.8, 4) is 11.5 Å². The lowest BCUT2D eigenvalue weighted by molar-refractivity contribution is 0.206. The molecule has 0 spiro atoms. The van der Waals surface area contributed by atoms with Crippen molar-refractivity contribution in [2.75, 3.05) is 25.1 Å². The average Bonchev–Trinajstić information content (AvgIpc) is 3.18. The minimum absolute atomic E-state index is 0.0187. The van der Waals surface area contributed by atoms with Crippen LogP contribution in [-0.2, 0) is 0 Å². The number of rotatable bonds is 2. The first kappa shape index (κ1) is 15.8. The number of anilines is 1. The lowest BCUT2D eigenvalue weighted by Gasteiger charge is -2.25. The number of amides is 2. The number of hydrogen-bond donors (Lipinski definition) is 1. The number of ether oxygens (including phenoxy) is 2. The molecule has 1 aromatic carbocycles. The van der Waals surface area contributed by atoms with Crippen molar-refractivity contribution in [2.45, 2.75) is 32.2 Å². The number of aromatic nitrogens is 1. The summed E-state index contributed by atoms with van der Waals surface area (Å²) < 4.78 is 16.5. The fraction of sp³-hybridized carbons (Fsp3) is 0.444. The molecule has 1 unspecified atom stereocenters. The molecule has 2 aromatic rings. The summed E-state index contributed by atoms with van der Waals surface area (Å²) >= 11 is 0. The van der Waals surface area contributed by atoms with Gasteiger partial charge in [0.1, 0.15) is 5.76 Å². The molecule has 1 aromatic heterocycles. The summed E-state index contributed by atoms with van der Waals surface area (Å²) in [5.41, 5.74) is 1.06. The second-order valence-corrected chi connectivity index (χ2v) is 6.36. The predicted octanol–water partition coefficient (Wildman–Crippen LogP) is 3.51. The van der Waals surface area contributed by atoms with E-state index in [0.717, 1.165) is 36.3 Å². The van der Waals surface area contributed by atoms with Gasteiger partial charge in [0.2, 0.25) is 0 Å². The van der Waals surface area contributed by atoms with Crippen LogP contribution in [0.3, 0.4) is 0 Å². The number of likely N-dealkylation sites (tertiary alicyclic amines) is 1. The van der Waals surface area contributed by atoms with Crippen molar-refractivity contribution in [1.29, 1.82) is 0 Å². The number of carbonyl (C=O) groups is 1. The number of urea groups is 1. The van der Waals surface area contributed by atoms with Gasteiger partial charge in [-0.05, 0) is 37.5 Å². The Morgan fingerprint density at radius 3 is 2.84 bits per heavy atom. The summed E-state index contributed by atoms with van der Waals surface area (Å²) in [6.07, 6.45) is 2.76. The first-order valence-electron chi connectivity index (χ1n) is 8.61. The summed E-state index contributed by atoms with van der Waals surface area (Å²) in [5.74, 6) is 2.63. The molecule has 1 N–H and O–H groups in total. The second-order valence-electron chi connectivity index (χ2n) is 6.36. The summed E-state index contributed by atoms with van der Waals surface area (Å²) in [7, 11) is 0. The fourth-order valence-corrected chi connectivity index (χ4v) is 3.35. The van der Waals surface area contributed by atoms with Crippen LogP contribution >= 0.6 is 0 Å². The van der Waals surface area contributed by atoms with Gasteiger partial charge < -0.3 is 18.9 Å². The minimum Gasteiger partial charge on any atom is -0.490 e. The zero-order valence-electron chi connectivity index (χ0n) is 14.2. The minimum atomic E-state index is -0.164. The average molecular weight is 343 g/mol. The molecule has 7 nitrogen and oxygen atoms in total. The smallest absolute Gasteiger partial charge is 0.323 e. The molecular formula is C18H21N3O4. The van der Waals surface area contributed by atoms with Gasteiger partial charge in [-0.1, -0.05) is 11.2 Å². The highest BCUT2D eigenvalue weighted by Gasteiger charge is 2.31. The molecule has 25 heavy (non-hydrogen) atoms. The topological polar surface area (TPSA) is 76.8 Å².